The number of hydrogen-bond acceptors (Lipinski definition) is 3. The molecule has 2 N–H and O–H groups in total. The molecule has 0 bridgehead atoms. The molecule has 0 fully saturated rings. The van der Waals surface area contributed by atoms with Crippen molar-refractivity contribution >= 4 is 28.3 Å². The van der Waals surface area contributed by atoms with Crippen LogP contribution in [0, 0.1) is 5.92 Å². The summed E-state index contributed by atoms with van der Waals surface area (Å²) in [5, 5.41) is 4.12. The van der Waals surface area contributed by atoms with Gasteiger partial charge in [-0.25, -0.2) is 0 Å². The number of fused-ring (bicyclic) bond motifs is 3. The van der Waals surface area contributed by atoms with Crippen LogP contribution in [-0.2, 0) is 17.6 Å². The highest BCUT2D eigenvalue weighted by molar-refractivity contribution is 5.96. The van der Waals surface area contributed by atoms with Crippen molar-refractivity contribution in [3.05, 3.63) is 59.3 Å². The van der Waals surface area contributed by atoms with Crippen LogP contribution in [0.1, 0.15) is 35.0 Å². The molecule has 1 unspecified atom stereocenters. The maximum absolute atomic E-state index is 12.8. The largest absolute Gasteiger partial charge is 0.497 e. The fraction of sp³-hybridized carbons (Fsp3) is 0.273. The molecule has 1 aromatic heterocycles. The summed E-state index contributed by atoms with van der Waals surface area (Å²) in [6, 6.07) is 13.0. The molecule has 0 aliphatic heterocycles. The van der Waals surface area contributed by atoms with E-state index in [-0.39, 0.29) is 17.6 Å². The molecule has 4 rings (SSSR count). The van der Waals surface area contributed by atoms with Crippen molar-refractivity contribution in [3.8, 4) is 5.75 Å². The topological polar surface area (TPSA) is 71.2 Å². The number of H-pyrrole nitrogens is 1. The first-order valence-corrected chi connectivity index (χ1v) is 9.14. The lowest BCUT2D eigenvalue weighted by molar-refractivity contribution is -0.120. The molecule has 1 aliphatic carbocycles. The number of ketones is 1. The molecule has 0 radical (unpaired) electrons. The monoisotopic (exact) mass is 362 g/mol. The van der Waals surface area contributed by atoms with Gasteiger partial charge in [0.15, 0.2) is 5.78 Å². The number of hydrogen-bond donors (Lipinski definition) is 2. The van der Waals surface area contributed by atoms with Crippen LogP contribution in [0.3, 0.4) is 0 Å². The van der Waals surface area contributed by atoms with Gasteiger partial charge in [0.1, 0.15) is 5.75 Å². The fourth-order valence-electron chi connectivity index (χ4n) is 3.78. The van der Waals surface area contributed by atoms with Gasteiger partial charge in [-0.15, -0.1) is 0 Å². The van der Waals surface area contributed by atoms with Crippen molar-refractivity contribution in [2.24, 2.45) is 5.92 Å². The lowest BCUT2D eigenvalue weighted by Crippen LogP contribution is -2.28. The highest BCUT2D eigenvalue weighted by atomic mass is 16.5. The number of aryl methyl sites for hydroxylation is 1. The zero-order valence-corrected chi connectivity index (χ0v) is 15.5. The number of anilines is 1. The quantitative estimate of drug-likeness (QED) is 0.686. The van der Waals surface area contributed by atoms with Gasteiger partial charge in [-0.3, -0.25) is 9.59 Å². The average Bonchev–Trinajstić information content (AvgIpc) is 3.05. The highest BCUT2D eigenvalue weighted by Gasteiger charge is 2.27. The molecule has 1 heterocycles. The summed E-state index contributed by atoms with van der Waals surface area (Å²) < 4.78 is 5.35. The number of aromatic amines is 1. The first kappa shape index (κ1) is 17.3. The molecule has 138 valence electrons. The number of methoxy groups -OCH3 is 1. The summed E-state index contributed by atoms with van der Waals surface area (Å²) in [5.74, 6) is 0.785. The Labute approximate surface area is 157 Å². The minimum Gasteiger partial charge on any atom is -0.497 e. The summed E-state index contributed by atoms with van der Waals surface area (Å²) in [5.41, 5.74) is 4.87. The molecule has 5 nitrogen and oxygen atoms in total. The van der Waals surface area contributed by atoms with Crippen molar-refractivity contribution in [1.29, 1.82) is 0 Å². The molecule has 0 spiro atoms. The number of Topliss-reactive ketones (excluding diaryl/α,β-unsaturated/α-hetero) is 1. The van der Waals surface area contributed by atoms with Gasteiger partial charge in [0.25, 0.3) is 0 Å². The summed E-state index contributed by atoms with van der Waals surface area (Å²) in [6.45, 7) is 1.53. The van der Waals surface area contributed by atoms with E-state index in [4.69, 9.17) is 4.74 Å². The van der Waals surface area contributed by atoms with E-state index in [9.17, 15) is 9.59 Å². The predicted molar refractivity (Wildman–Crippen MR) is 105 cm³/mol. The number of amides is 1. The van der Waals surface area contributed by atoms with Gasteiger partial charge in [0.05, 0.1) is 7.11 Å². The maximum Gasteiger partial charge on any atom is 0.227 e. The van der Waals surface area contributed by atoms with E-state index in [1.54, 1.807) is 31.4 Å². The Morgan fingerprint density at radius 3 is 2.63 bits per heavy atom. The second-order valence-electron chi connectivity index (χ2n) is 7.06. The maximum atomic E-state index is 12.8. The number of rotatable bonds is 4. The Morgan fingerprint density at radius 2 is 1.93 bits per heavy atom. The summed E-state index contributed by atoms with van der Waals surface area (Å²) in [4.78, 5) is 27.6. The molecule has 0 saturated carbocycles. The molecule has 1 aliphatic rings. The van der Waals surface area contributed by atoms with Crippen molar-refractivity contribution in [2.45, 2.75) is 26.2 Å². The Morgan fingerprint density at radius 1 is 1.15 bits per heavy atom. The van der Waals surface area contributed by atoms with Gasteiger partial charge in [0.2, 0.25) is 5.91 Å². The zero-order chi connectivity index (χ0) is 19.0. The van der Waals surface area contributed by atoms with Gasteiger partial charge >= 0.3 is 0 Å². The van der Waals surface area contributed by atoms with Crippen molar-refractivity contribution in [1.82, 2.24) is 4.98 Å². The molecule has 1 amide bonds. The summed E-state index contributed by atoms with van der Waals surface area (Å²) in [7, 11) is 1.66. The average molecular weight is 362 g/mol. The highest BCUT2D eigenvalue weighted by Crippen LogP contribution is 2.34. The van der Waals surface area contributed by atoms with E-state index in [1.165, 1.54) is 18.2 Å². The van der Waals surface area contributed by atoms with Crippen LogP contribution in [0.2, 0.25) is 0 Å². The molecule has 1 atom stereocenters. The first-order valence-electron chi connectivity index (χ1n) is 9.14. The van der Waals surface area contributed by atoms with Crippen molar-refractivity contribution in [3.63, 3.8) is 0 Å². The van der Waals surface area contributed by atoms with E-state index in [1.807, 2.05) is 18.2 Å². The Kier molecular flexibility index (Phi) is 4.44. The Hall–Kier alpha value is -3.08. The van der Waals surface area contributed by atoms with Crippen LogP contribution in [-0.4, -0.2) is 23.8 Å². The van der Waals surface area contributed by atoms with Crippen LogP contribution in [0.25, 0.3) is 10.9 Å². The third kappa shape index (κ3) is 3.33. The number of aromatic nitrogens is 1. The predicted octanol–water partition coefficient (Wildman–Crippen LogP) is 4.12. The molecule has 2 aromatic carbocycles. The van der Waals surface area contributed by atoms with Gasteiger partial charge in [-0.1, -0.05) is 0 Å². The van der Waals surface area contributed by atoms with Crippen LogP contribution in [0.4, 0.5) is 5.69 Å². The third-order valence-corrected chi connectivity index (χ3v) is 5.32. The van der Waals surface area contributed by atoms with Crippen LogP contribution in [0.5, 0.6) is 5.75 Å². The Bertz CT molecular complexity index is 1020. The van der Waals surface area contributed by atoms with E-state index >= 15 is 0 Å². The van der Waals surface area contributed by atoms with Crippen LogP contribution >= 0.6 is 0 Å². The number of benzene rings is 2. The van der Waals surface area contributed by atoms with Gasteiger partial charge < -0.3 is 15.0 Å². The van der Waals surface area contributed by atoms with Gasteiger partial charge in [-0.05, 0) is 74.2 Å². The molecule has 27 heavy (non-hydrogen) atoms. The van der Waals surface area contributed by atoms with Crippen molar-refractivity contribution in [2.75, 3.05) is 12.4 Å². The number of nitrogens with one attached hydrogen (secondary N) is 2. The molecule has 3 aromatic rings. The third-order valence-electron chi connectivity index (χ3n) is 5.32. The smallest absolute Gasteiger partial charge is 0.227 e. The Balaban J connectivity index is 1.53. The number of carbonyl (C=O) groups excluding carboxylic acids is 2. The number of ether oxygens (including phenoxy) is 1. The van der Waals surface area contributed by atoms with Crippen LogP contribution < -0.4 is 10.1 Å². The SMILES string of the molecule is COc1ccc2[nH]c3c(c2c1)CC(C(=O)Nc1ccc(C(C)=O)cc1)CC3. The van der Waals surface area contributed by atoms with E-state index < -0.39 is 0 Å². The standard InChI is InChI=1S/C22H22N2O3/c1-13(25)14-3-6-16(7-4-14)23-22(26)15-5-9-20-18(11-15)19-12-17(27-2)8-10-21(19)24-20/h3-4,6-8,10,12,15,24H,5,9,11H2,1-2H3,(H,23,26). The first-order chi connectivity index (χ1) is 13.0. The van der Waals surface area contributed by atoms with Gasteiger partial charge in [-0.2, -0.15) is 0 Å². The lowest BCUT2D eigenvalue weighted by Gasteiger charge is -2.22. The van der Waals surface area contributed by atoms with Gasteiger partial charge in [0, 0.05) is 33.8 Å². The summed E-state index contributed by atoms with van der Waals surface area (Å²) in [6.07, 6.45) is 2.38. The molecule has 0 saturated heterocycles. The second-order valence-corrected chi connectivity index (χ2v) is 7.06. The fourth-order valence-corrected chi connectivity index (χ4v) is 3.78. The van der Waals surface area contributed by atoms with E-state index in [2.05, 4.69) is 10.3 Å². The minimum absolute atomic E-state index is 0.0162. The van der Waals surface area contributed by atoms with E-state index in [0.29, 0.717) is 12.0 Å². The molecular weight excluding hydrogens is 340 g/mol. The van der Waals surface area contributed by atoms with Crippen LogP contribution in [0.15, 0.2) is 42.5 Å². The summed E-state index contributed by atoms with van der Waals surface area (Å²) >= 11 is 0. The molecule has 5 heteroatoms. The van der Waals surface area contributed by atoms with Crippen molar-refractivity contribution < 1.29 is 14.3 Å². The van der Waals surface area contributed by atoms with E-state index in [0.717, 1.165) is 35.2 Å². The second kappa shape index (κ2) is 6.91. The number of carbonyl (C=O) groups is 2. The lowest BCUT2D eigenvalue weighted by atomic mass is 9.85. The zero-order valence-electron chi connectivity index (χ0n) is 15.5. The normalized spacial score (nSPS) is 16.0. The molecular formula is C22H22N2O3. The minimum atomic E-state index is -0.0739.